The van der Waals surface area contributed by atoms with Crippen LogP contribution in [0.4, 0.5) is 17.1 Å². The van der Waals surface area contributed by atoms with Crippen molar-refractivity contribution in [1.29, 1.82) is 0 Å². The van der Waals surface area contributed by atoms with E-state index in [0.717, 1.165) is 53.3 Å². The Hall–Kier alpha value is -5.36. The lowest BCUT2D eigenvalue weighted by Gasteiger charge is -2.27. The van der Waals surface area contributed by atoms with Crippen LogP contribution in [-0.4, -0.2) is 38.1 Å². The van der Waals surface area contributed by atoms with Crippen molar-refractivity contribution in [2.75, 3.05) is 41.4 Å². The zero-order valence-corrected chi connectivity index (χ0v) is 24.8. The van der Waals surface area contributed by atoms with Crippen molar-refractivity contribution in [2.45, 2.75) is 13.3 Å². The van der Waals surface area contributed by atoms with Crippen molar-refractivity contribution < 1.29 is 14.3 Å². The second kappa shape index (κ2) is 13.3. The summed E-state index contributed by atoms with van der Waals surface area (Å²) < 4.78 is 6.08. The van der Waals surface area contributed by atoms with Crippen LogP contribution >= 0.6 is 0 Å². The fraction of sp³-hybridized carbons (Fsp3) is 0.158. The van der Waals surface area contributed by atoms with Gasteiger partial charge in [0.2, 0.25) is 0 Å². The SMILES string of the molecule is Cc1ccccc1OCCN1CCCN(C(=O)c2ccc(NC(=O)c3ccccc3-c3ccccc3)cc2)c2ccccc21. The van der Waals surface area contributed by atoms with Crippen LogP contribution in [0.15, 0.2) is 127 Å². The summed E-state index contributed by atoms with van der Waals surface area (Å²) in [5.74, 6) is 0.631. The van der Waals surface area contributed by atoms with Gasteiger partial charge in [0.25, 0.3) is 11.8 Å². The number of ether oxygens (including phenoxy) is 1. The molecule has 6 heteroatoms. The van der Waals surface area contributed by atoms with Crippen molar-refractivity contribution in [3.05, 3.63) is 144 Å². The Morgan fingerprint density at radius 3 is 2.20 bits per heavy atom. The average molecular weight is 582 g/mol. The highest BCUT2D eigenvalue weighted by molar-refractivity contribution is 6.10. The monoisotopic (exact) mass is 581 g/mol. The molecule has 0 unspecified atom stereocenters. The predicted octanol–water partition coefficient (Wildman–Crippen LogP) is 7.85. The minimum Gasteiger partial charge on any atom is -0.491 e. The highest BCUT2D eigenvalue weighted by Gasteiger charge is 2.25. The van der Waals surface area contributed by atoms with Crippen LogP contribution < -0.4 is 19.9 Å². The summed E-state index contributed by atoms with van der Waals surface area (Å²) in [6.45, 7) is 4.75. The molecule has 1 aliphatic rings. The van der Waals surface area contributed by atoms with E-state index in [1.165, 1.54) is 0 Å². The number of hydrogen-bond acceptors (Lipinski definition) is 4. The van der Waals surface area contributed by atoms with E-state index in [2.05, 4.69) is 16.3 Å². The first-order valence-corrected chi connectivity index (χ1v) is 15.0. The summed E-state index contributed by atoms with van der Waals surface area (Å²) in [6.07, 6.45) is 0.833. The molecule has 0 saturated heterocycles. The largest absolute Gasteiger partial charge is 0.491 e. The molecule has 0 fully saturated rings. The highest BCUT2D eigenvalue weighted by atomic mass is 16.5. The molecule has 0 aliphatic carbocycles. The second-order valence-corrected chi connectivity index (χ2v) is 10.8. The molecule has 0 aromatic heterocycles. The molecule has 1 N–H and O–H groups in total. The Bertz CT molecular complexity index is 1750. The molecule has 1 heterocycles. The van der Waals surface area contributed by atoms with Gasteiger partial charge in [-0.25, -0.2) is 0 Å². The zero-order chi connectivity index (χ0) is 30.3. The van der Waals surface area contributed by atoms with Gasteiger partial charge in [-0.2, -0.15) is 0 Å². The Morgan fingerprint density at radius 2 is 1.41 bits per heavy atom. The van der Waals surface area contributed by atoms with Crippen molar-refractivity contribution in [2.24, 2.45) is 0 Å². The van der Waals surface area contributed by atoms with Crippen LogP contribution in [0.1, 0.15) is 32.7 Å². The number of nitrogens with zero attached hydrogens (tertiary/aromatic N) is 2. The number of anilines is 3. The van der Waals surface area contributed by atoms with E-state index in [1.54, 1.807) is 24.3 Å². The third-order valence-electron chi connectivity index (χ3n) is 7.93. The molecule has 0 spiro atoms. The number of carbonyl (C=O) groups is 2. The van der Waals surface area contributed by atoms with Gasteiger partial charge >= 0.3 is 0 Å². The van der Waals surface area contributed by atoms with Gasteiger partial charge in [-0.1, -0.05) is 78.9 Å². The van der Waals surface area contributed by atoms with Gasteiger partial charge in [-0.3, -0.25) is 9.59 Å². The third-order valence-corrected chi connectivity index (χ3v) is 7.93. The number of para-hydroxylation sites is 3. The molecular weight excluding hydrogens is 546 g/mol. The number of carbonyl (C=O) groups excluding carboxylic acids is 2. The van der Waals surface area contributed by atoms with Crippen LogP contribution in [0, 0.1) is 6.92 Å². The quantitative estimate of drug-likeness (QED) is 0.203. The Labute approximate surface area is 258 Å². The summed E-state index contributed by atoms with van der Waals surface area (Å²) in [5, 5.41) is 3.00. The number of hydrogen-bond donors (Lipinski definition) is 1. The van der Waals surface area contributed by atoms with Gasteiger partial charge < -0.3 is 19.9 Å². The number of benzene rings is 5. The van der Waals surface area contributed by atoms with E-state index in [4.69, 9.17) is 4.74 Å². The van der Waals surface area contributed by atoms with Gasteiger partial charge in [0.05, 0.1) is 17.9 Å². The third kappa shape index (κ3) is 6.35. The molecule has 6 nitrogen and oxygen atoms in total. The van der Waals surface area contributed by atoms with Crippen LogP contribution in [0.2, 0.25) is 0 Å². The van der Waals surface area contributed by atoms with E-state index < -0.39 is 0 Å². The first kappa shape index (κ1) is 28.7. The maximum absolute atomic E-state index is 13.8. The Morgan fingerprint density at radius 1 is 0.727 bits per heavy atom. The Balaban J connectivity index is 1.15. The second-order valence-electron chi connectivity index (χ2n) is 10.8. The number of fused-ring (bicyclic) bond motifs is 1. The van der Waals surface area contributed by atoms with Crippen LogP contribution in [0.3, 0.4) is 0 Å². The lowest BCUT2D eigenvalue weighted by molar-refractivity contribution is 0.0986. The predicted molar refractivity (Wildman–Crippen MR) is 178 cm³/mol. The van der Waals surface area contributed by atoms with E-state index in [1.807, 2.05) is 109 Å². The lowest BCUT2D eigenvalue weighted by Crippen LogP contribution is -2.31. The molecule has 0 saturated carbocycles. The maximum Gasteiger partial charge on any atom is 0.258 e. The van der Waals surface area contributed by atoms with Crippen LogP contribution in [0.25, 0.3) is 11.1 Å². The molecule has 44 heavy (non-hydrogen) atoms. The normalized spacial score (nSPS) is 12.7. The maximum atomic E-state index is 13.8. The van der Waals surface area contributed by atoms with Crippen molar-refractivity contribution in [1.82, 2.24) is 0 Å². The standard InChI is InChI=1S/C38H35N3O3/c1-28-12-5-10-19-36(28)44-27-26-40-24-11-25-41(35-18-9-8-17-34(35)40)38(43)30-20-22-31(23-21-30)39-37(42)33-16-7-6-15-32(33)29-13-3-2-4-14-29/h2-10,12-23H,11,24-27H2,1H3,(H,39,42). The number of rotatable bonds is 8. The molecule has 5 aromatic rings. The molecule has 220 valence electrons. The molecule has 0 bridgehead atoms. The number of aryl methyl sites for hydroxylation is 1. The number of amides is 2. The number of nitrogens with one attached hydrogen (secondary N) is 1. The first-order chi connectivity index (χ1) is 21.6. The summed E-state index contributed by atoms with van der Waals surface area (Å²) in [7, 11) is 0. The van der Waals surface area contributed by atoms with Gasteiger partial charge in [-0.15, -0.1) is 0 Å². The molecule has 1 aliphatic heterocycles. The molecule has 0 atom stereocenters. The summed E-state index contributed by atoms with van der Waals surface area (Å²) in [5.41, 5.74) is 6.66. The van der Waals surface area contributed by atoms with Crippen LogP contribution in [0.5, 0.6) is 5.75 Å². The summed E-state index contributed by atoms with van der Waals surface area (Å²) in [6, 6.07) is 40.6. The molecule has 6 rings (SSSR count). The summed E-state index contributed by atoms with van der Waals surface area (Å²) in [4.78, 5) is 31.2. The zero-order valence-electron chi connectivity index (χ0n) is 24.8. The van der Waals surface area contributed by atoms with Gasteiger partial charge in [0, 0.05) is 29.9 Å². The molecular formula is C38H35N3O3. The van der Waals surface area contributed by atoms with Crippen molar-refractivity contribution in [3.63, 3.8) is 0 Å². The summed E-state index contributed by atoms with van der Waals surface area (Å²) >= 11 is 0. The minimum absolute atomic E-state index is 0.0669. The fourth-order valence-corrected chi connectivity index (χ4v) is 5.65. The average Bonchev–Trinajstić information content (AvgIpc) is 3.25. The van der Waals surface area contributed by atoms with Crippen molar-refractivity contribution >= 4 is 28.9 Å². The van der Waals surface area contributed by atoms with Gasteiger partial charge in [-0.05, 0) is 78.6 Å². The molecule has 5 aromatic carbocycles. The Kier molecular flexibility index (Phi) is 8.69. The van der Waals surface area contributed by atoms with E-state index in [0.29, 0.717) is 30.0 Å². The van der Waals surface area contributed by atoms with E-state index >= 15 is 0 Å². The molecule has 2 amide bonds. The fourth-order valence-electron chi connectivity index (χ4n) is 5.65. The first-order valence-electron chi connectivity index (χ1n) is 15.0. The topological polar surface area (TPSA) is 61.9 Å². The lowest BCUT2D eigenvalue weighted by atomic mass is 9.99. The van der Waals surface area contributed by atoms with Crippen molar-refractivity contribution in [3.8, 4) is 16.9 Å². The molecule has 0 radical (unpaired) electrons. The van der Waals surface area contributed by atoms with Gasteiger partial charge in [0.1, 0.15) is 12.4 Å². The van der Waals surface area contributed by atoms with E-state index in [-0.39, 0.29) is 11.8 Å². The van der Waals surface area contributed by atoms with Gasteiger partial charge in [0.15, 0.2) is 0 Å². The minimum atomic E-state index is -0.198. The van der Waals surface area contributed by atoms with Crippen LogP contribution in [-0.2, 0) is 0 Å². The highest BCUT2D eigenvalue weighted by Crippen LogP contribution is 2.33. The van der Waals surface area contributed by atoms with E-state index in [9.17, 15) is 9.59 Å². The smallest absolute Gasteiger partial charge is 0.258 e.